The molecule has 0 atom stereocenters. The first kappa shape index (κ1) is 11.0. The van der Waals surface area contributed by atoms with Crippen LogP contribution < -0.4 is 0 Å². The largest absolute Gasteiger partial charge is 0.298 e. The molecule has 0 N–H and O–H groups in total. The van der Waals surface area contributed by atoms with Crippen LogP contribution in [0.1, 0.15) is 53.4 Å². The van der Waals surface area contributed by atoms with Crippen molar-refractivity contribution in [2.75, 3.05) is 13.1 Å². The maximum atomic E-state index is 2.68. The van der Waals surface area contributed by atoms with Gasteiger partial charge in [-0.15, -0.1) is 0 Å². The molecular weight excluding hydrogens is 158 g/mol. The number of piperidine rings is 1. The Hall–Kier alpha value is -0.0400. The Morgan fingerprint density at radius 1 is 1.23 bits per heavy atom. The minimum atomic E-state index is 0.465. The highest BCUT2D eigenvalue weighted by Crippen LogP contribution is 2.27. The van der Waals surface area contributed by atoms with Gasteiger partial charge in [-0.1, -0.05) is 20.3 Å². The molecule has 1 fully saturated rings. The molecule has 0 aliphatic carbocycles. The molecule has 1 aliphatic heterocycles. The molecule has 0 aromatic carbocycles. The van der Waals surface area contributed by atoms with E-state index in [0.29, 0.717) is 5.54 Å². The normalized spacial score (nSPS) is 23.8. The lowest BCUT2D eigenvalue weighted by Gasteiger charge is -2.42. The Balaban J connectivity index is 2.37. The zero-order valence-corrected chi connectivity index (χ0v) is 9.77. The van der Waals surface area contributed by atoms with Crippen LogP contribution in [0.5, 0.6) is 0 Å². The molecule has 0 radical (unpaired) electrons. The molecule has 78 valence electrons. The van der Waals surface area contributed by atoms with Gasteiger partial charge in [0.05, 0.1) is 0 Å². The fourth-order valence-corrected chi connectivity index (χ4v) is 2.15. The number of hydrogen-bond donors (Lipinski definition) is 0. The second-order valence-corrected chi connectivity index (χ2v) is 5.44. The van der Waals surface area contributed by atoms with Gasteiger partial charge in [0, 0.05) is 5.54 Å². The standard InChI is InChI=1S/C12H25N/c1-11(2)7-10-13-9-6-5-8-12(13,3)4/h11H,5-10H2,1-4H3. The summed E-state index contributed by atoms with van der Waals surface area (Å²) < 4.78 is 0. The first-order valence-corrected chi connectivity index (χ1v) is 5.77. The van der Waals surface area contributed by atoms with Crippen LogP contribution >= 0.6 is 0 Å². The average molecular weight is 183 g/mol. The molecule has 1 rings (SSSR count). The zero-order chi connectivity index (χ0) is 9.90. The van der Waals surface area contributed by atoms with Gasteiger partial charge in [-0.2, -0.15) is 0 Å². The van der Waals surface area contributed by atoms with Crippen molar-refractivity contribution in [3.05, 3.63) is 0 Å². The molecule has 1 nitrogen and oxygen atoms in total. The lowest BCUT2D eigenvalue weighted by Crippen LogP contribution is -2.47. The van der Waals surface area contributed by atoms with Crippen molar-refractivity contribution in [1.29, 1.82) is 0 Å². The second kappa shape index (κ2) is 4.45. The highest BCUT2D eigenvalue weighted by Gasteiger charge is 2.28. The summed E-state index contributed by atoms with van der Waals surface area (Å²) in [6.07, 6.45) is 5.56. The molecule has 0 bridgehead atoms. The van der Waals surface area contributed by atoms with Crippen LogP contribution in [0.25, 0.3) is 0 Å². The van der Waals surface area contributed by atoms with Crippen molar-refractivity contribution in [2.45, 2.75) is 58.9 Å². The van der Waals surface area contributed by atoms with Gasteiger partial charge in [-0.25, -0.2) is 0 Å². The van der Waals surface area contributed by atoms with E-state index in [2.05, 4.69) is 32.6 Å². The lowest BCUT2D eigenvalue weighted by molar-refractivity contribution is 0.0723. The zero-order valence-electron chi connectivity index (χ0n) is 9.77. The van der Waals surface area contributed by atoms with Gasteiger partial charge in [0.25, 0.3) is 0 Å². The van der Waals surface area contributed by atoms with E-state index in [-0.39, 0.29) is 0 Å². The van der Waals surface area contributed by atoms with Gasteiger partial charge in [0.15, 0.2) is 0 Å². The van der Waals surface area contributed by atoms with Gasteiger partial charge in [-0.05, 0) is 52.1 Å². The van der Waals surface area contributed by atoms with Crippen molar-refractivity contribution in [3.63, 3.8) is 0 Å². The molecule has 1 aliphatic rings. The minimum absolute atomic E-state index is 0.465. The summed E-state index contributed by atoms with van der Waals surface area (Å²) in [7, 11) is 0. The number of nitrogens with zero attached hydrogens (tertiary/aromatic N) is 1. The van der Waals surface area contributed by atoms with Crippen LogP contribution in [-0.2, 0) is 0 Å². The third-order valence-corrected chi connectivity index (χ3v) is 3.30. The van der Waals surface area contributed by atoms with Crippen LogP contribution in [0.3, 0.4) is 0 Å². The third-order valence-electron chi connectivity index (χ3n) is 3.30. The molecule has 1 heterocycles. The molecular formula is C12H25N. The highest BCUT2D eigenvalue weighted by atomic mass is 15.2. The molecule has 1 saturated heterocycles. The number of hydrogen-bond acceptors (Lipinski definition) is 1. The van der Waals surface area contributed by atoms with E-state index in [0.717, 1.165) is 5.92 Å². The Morgan fingerprint density at radius 2 is 1.92 bits per heavy atom. The van der Waals surface area contributed by atoms with Crippen molar-refractivity contribution in [3.8, 4) is 0 Å². The first-order valence-electron chi connectivity index (χ1n) is 5.77. The van der Waals surface area contributed by atoms with Crippen molar-refractivity contribution < 1.29 is 0 Å². The maximum Gasteiger partial charge on any atom is 0.0153 e. The van der Waals surface area contributed by atoms with Crippen molar-refractivity contribution >= 4 is 0 Å². The SMILES string of the molecule is CC(C)CCN1CCCCC1(C)C. The fraction of sp³-hybridized carbons (Fsp3) is 1.00. The van der Waals surface area contributed by atoms with Crippen molar-refractivity contribution in [1.82, 2.24) is 4.90 Å². The van der Waals surface area contributed by atoms with Crippen LogP contribution in [-0.4, -0.2) is 23.5 Å². The monoisotopic (exact) mass is 183 g/mol. The van der Waals surface area contributed by atoms with E-state index >= 15 is 0 Å². The second-order valence-electron chi connectivity index (χ2n) is 5.44. The maximum absolute atomic E-state index is 2.68. The van der Waals surface area contributed by atoms with E-state index in [1.54, 1.807) is 0 Å². The van der Waals surface area contributed by atoms with Gasteiger partial charge >= 0.3 is 0 Å². The van der Waals surface area contributed by atoms with Gasteiger partial charge in [0.2, 0.25) is 0 Å². The van der Waals surface area contributed by atoms with Crippen LogP contribution in [0, 0.1) is 5.92 Å². The smallest absolute Gasteiger partial charge is 0.0153 e. The molecule has 0 aromatic rings. The molecule has 0 aromatic heterocycles. The summed E-state index contributed by atoms with van der Waals surface area (Å²) in [5.74, 6) is 0.845. The summed E-state index contributed by atoms with van der Waals surface area (Å²) in [6, 6.07) is 0. The highest BCUT2D eigenvalue weighted by molar-refractivity contribution is 4.85. The van der Waals surface area contributed by atoms with Crippen LogP contribution in [0.4, 0.5) is 0 Å². The van der Waals surface area contributed by atoms with Gasteiger partial charge in [-0.3, -0.25) is 4.90 Å². The first-order chi connectivity index (χ1) is 6.02. The van der Waals surface area contributed by atoms with E-state index in [1.165, 1.54) is 38.8 Å². The van der Waals surface area contributed by atoms with E-state index < -0.39 is 0 Å². The van der Waals surface area contributed by atoms with Gasteiger partial charge < -0.3 is 0 Å². The molecule has 0 amide bonds. The number of rotatable bonds is 3. The Bertz CT molecular complexity index is 149. The number of likely N-dealkylation sites (tertiary alicyclic amines) is 1. The fourth-order valence-electron chi connectivity index (χ4n) is 2.15. The van der Waals surface area contributed by atoms with Crippen LogP contribution in [0.2, 0.25) is 0 Å². The van der Waals surface area contributed by atoms with E-state index in [9.17, 15) is 0 Å². The summed E-state index contributed by atoms with van der Waals surface area (Å²) in [6.45, 7) is 12.0. The molecule has 1 heteroatoms. The van der Waals surface area contributed by atoms with E-state index in [4.69, 9.17) is 0 Å². The Labute approximate surface area is 83.5 Å². The molecule has 0 saturated carbocycles. The molecule has 13 heavy (non-hydrogen) atoms. The van der Waals surface area contributed by atoms with Crippen LogP contribution in [0.15, 0.2) is 0 Å². The van der Waals surface area contributed by atoms with Gasteiger partial charge in [0.1, 0.15) is 0 Å². The lowest BCUT2D eigenvalue weighted by atomic mass is 9.90. The third kappa shape index (κ3) is 3.30. The molecule has 0 unspecified atom stereocenters. The van der Waals surface area contributed by atoms with E-state index in [1.807, 2.05) is 0 Å². The van der Waals surface area contributed by atoms with Crippen molar-refractivity contribution in [2.24, 2.45) is 5.92 Å². The predicted molar refractivity (Wildman–Crippen MR) is 59.0 cm³/mol. The predicted octanol–water partition coefficient (Wildman–Crippen LogP) is 3.30. The Kier molecular flexibility index (Phi) is 3.78. The average Bonchev–Trinajstić information content (AvgIpc) is 2.01. The Morgan fingerprint density at radius 3 is 2.46 bits per heavy atom. The topological polar surface area (TPSA) is 3.24 Å². The summed E-state index contributed by atoms with van der Waals surface area (Å²) in [5.41, 5.74) is 0.465. The quantitative estimate of drug-likeness (QED) is 0.649. The molecule has 0 spiro atoms. The summed E-state index contributed by atoms with van der Waals surface area (Å²) in [4.78, 5) is 2.68. The summed E-state index contributed by atoms with van der Waals surface area (Å²) in [5, 5.41) is 0. The summed E-state index contributed by atoms with van der Waals surface area (Å²) >= 11 is 0. The minimum Gasteiger partial charge on any atom is -0.298 e.